The van der Waals surface area contributed by atoms with E-state index in [9.17, 15) is 9.59 Å². The second kappa shape index (κ2) is 8.97. The van der Waals surface area contributed by atoms with E-state index in [0.717, 1.165) is 30.3 Å². The van der Waals surface area contributed by atoms with Crippen molar-refractivity contribution in [1.82, 2.24) is 24.1 Å². The number of piperazine rings is 1. The highest BCUT2D eigenvalue weighted by molar-refractivity contribution is 7.15. The highest BCUT2D eigenvalue weighted by Crippen LogP contribution is 2.13. The summed E-state index contributed by atoms with van der Waals surface area (Å²) >= 11 is 1.54. The predicted molar refractivity (Wildman–Crippen MR) is 117 cm³/mol. The van der Waals surface area contributed by atoms with Gasteiger partial charge in [-0.1, -0.05) is 29.8 Å². The number of fused-ring (bicyclic) bond motifs is 1. The molecule has 0 bridgehead atoms. The highest BCUT2D eigenvalue weighted by atomic mass is 32.1. The van der Waals surface area contributed by atoms with Gasteiger partial charge < -0.3 is 9.80 Å². The van der Waals surface area contributed by atoms with Crippen LogP contribution < -0.4 is 0 Å². The first kappa shape index (κ1) is 20.6. The van der Waals surface area contributed by atoms with Crippen LogP contribution in [0, 0.1) is 6.92 Å². The summed E-state index contributed by atoms with van der Waals surface area (Å²) in [6, 6.07) is 8.55. The zero-order valence-corrected chi connectivity index (χ0v) is 18.3. The number of carbonyl (C=O) groups is 2. The molecule has 0 spiro atoms. The maximum absolute atomic E-state index is 12.7. The molecule has 1 aromatic carbocycles. The van der Waals surface area contributed by atoms with Crippen LogP contribution in [0.3, 0.4) is 0 Å². The van der Waals surface area contributed by atoms with Crippen LogP contribution in [0.25, 0.3) is 4.96 Å². The van der Waals surface area contributed by atoms with Crippen molar-refractivity contribution in [3.8, 4) is 0 Å². The van der Waals surface area contributed by atoms with Gasteiger partial charge in [-0.3, -0.25) is 18.9 Å². The molecule has 30 heavy (non-hydrogen) atoms. The topological polar surface area (TPSA) is 61.2 Å². The van der Waals surface area contributed by atoms with E-state index in [1.165, 1.54) is 27.4 Å². The summed E-state index contributed by atoms with van der Waals surface area (Å²) in [5.41, 5.74) is 3.31. The fourth-order valence-electron chi connectivity index (χ4n) is 3.77. The third-order valence-electron chi connectivity index (χ3n) is 5.49. The van der Waals surface area contributed by atoms with Gasteiger partial charge in [-0.05, 0) is 12.5 Å². The van der Waals surface area contributed by atoms with Crippen molar-refractivity contribution in [3.63, 3.8) is 0 Å². The van der Waals surface area contributed by atoms with Crippen LogP contribution >= 0.6 is 11.3 Å². The summed E-state index contributed by atoms with van der Waals surface area (Å²) in [6.07, 6.45) is 4.00. The lowest BCUT2D eigenvalue weighted by atomic mass is 10.1. The fraction of sp³-hybridized carbons (Fsp3) is 0.409. The largest absolute Gasteiger partial charge is 0.339 e. The van der Waals surface area contributed by atoms with Gasteiger partial charge in [0.05, 0.1) is 18.7 Å². The minimum atomic E-state index is -0.0906. The molecule has 0 atom stereocenters. The summed E-state index contributed by atoms with van der Waals surface area (Å²) in [5, 5.41) is 1.96. The Hall–Kier alpha value is -2.71. The number of carbonyl (C=O) groups excluding carboxylic acids is 2. The molecular formula is C22H27N5O2S. The Morgan fingerprint density at radius 3 is 2.73 bits per heavy atom. The van der Waals surface area contributed by atoms with Gasteiger partial charge in [-0.25, -0.2) is 4.98 Å². The number of aromatic nitrogens is 2. The molecule has 0 radical (unpaired) electrons. The molecule has 4 rings (SSSR count). The van der Waals surface area contributed by atoms with E-state index in [2.05, 4.69) is 41.1 Å². The first-order chi connectivity index (χ1) is 14.5. The lowest BCUT2D eigenvalue weighted by molar-refractivity contribution is -0.140. The Morgan fingerprint density at radius 1 is 1.20 bits per heavy atom. The molecule has 0 unspecified atom stereocenters. The van der Waals surface area contributed by atoms with Crippen molar-refractivity contribution in [2.75, 3.05) is 39.8 Å². The van der Waals surface area contributed by atoms with Crippen molar-refractivity contribution in [1.29, 1.82) is 0 Å². The number of imidazole rings is 1. The van der Waals surface area contributed by atoms with Crippen molar-refractivity contribution in [2.45, 2.75) is 19.9 Å². The SMILES string of the molecule is Cc1cccc(CN2CCN(C(=O)CN(C)C(=O)Cc3cn4ccsc4n3)CC2)c1. The van der Waals surface area contributed by atoms with E-state index in [1.54, 1.807) is 7.05 Å². The van der Waals surface area contributed by atoms with Gasteiger partial charge in [-0.15, -0.1) is 11.3 Å². The average molecular weight is 426 g/mol. The number of hydrogen-bond donors (Lipinski definition) is 0. The number of benzene rings is 1. The molecule has 8 heteroatoms. The zero-order valence-electron chi connectivity index (χ0n) is 17.5. The van der Waals surface area contributed by atoms with Crippen LogP contribution in [0.4, 0.5) is 0 Å². The lowest BCUT2D eigenvalue weighted by Gasteiger charge is -2.35. The maximum atomic E-state index is 12.7. The molecule has 3 aromatic rings. The number of aryl methyl sites for hydroxylation is 1. The molecule has 7 nitrogen and oxygen atoms in total. The smallest absolute Gasteiger partial charge is 0.242 e. The quantitative estimate of drug-likeness (QED) is 0.607. The summed E-state index contributed by atoms with van der Waals surface area (Å²) in [6.45, 7) is 6.22. The number of thiazole rings is 1. The maximum Gasteiger partial charge on any atom is 0.242 e. The molecule has 1 fully saturated rings. The third kappa shape index (κ3) is 4.88. The van der Waals surface area contributed by atoms with Crippen LogP contribution in [0.5, 0.6) is 0 Å². The summed E-state index contributed by atoms with van der Waals surface area (Å²) in [4.78, 5) is 36.2. The van der Waals surface area contributed by atoms with Crippen molar-refractivity contribution >= 4 is 28.1 Å². The molecule has 158 valence electrons. The molecule has 0 saturated carbocycles. The minimum Gasteiger partial charge on any atom is -0.339 e. The molecule has 1 aliphatic heterocycles. The van der Waals surface area contributed by atoms with Crippen LogP contribution in [-0.4, -0.2) is 75.7 Å². The van der Waals surface area contributed by atoms with Crippen molar-refractivity contribution in [3.05, 3.63) is 58.9 Å². The Kier molecular flexibility index (Phi) is 6.15. The third-order valence-corrected chi connectivity index (χ3v) is 6.26. The van der Waals surface area contributed by atoms with Gasteiger partial charge in [-0.2, -0.15) is 0 Å². The van der Waals surface area contributed by atoms with Gasteiger partial charge in [0.25, 0.3) is 0 Å². The second-order valence-electron chi connectivity index (χ2n) is 7.90. The molecule has 1 aliphatic rings. The highest BCUT2D eigenvalue weighted by Gasteiger charge is 2.23. The first-order valence-corrected chi connectivity index (χ1v) is 11.1. The summed E-state index contributed by atoms with van der Waals surface area (Å²) in [5.74, 6) is -0.0842. The normalized spacial score (nSPS) is 14.9. The minimum absolute atomic E-state index is 0.00637. The number of hydrogen-bond acceptors (Lipinski definition) is 5. The fourth-order valence-corrected chi connectivity index (χ4v) is 4.49. The number of amides is 2. The molecule has 1 saturated heterocycles. The van der Waals surface area contributed by atoms with E-state index in [-0.39, 0.29) is 24.8 Å². The van der Waals surface area contributed by atoms with Gasteiger partial charge in [0.1, 0.15) is 0 Å². The number of likely N-dealkylation sites (N-methyl/N-ethyl adjacent to an activating group) is 1. The standard InChI is InChI=1S/C22H27N5O2S/c1-17-4-3-5-18(12-17)14-25-6-8-26(9-7-25)21(29)16-24(2)20(28)13-19-15-27-10-11-30-22(27)23-19/h3-5,10-12,15H,6-9,13-14,16H2,1-2H3. The second-order valence-corrected chi connectivity index (χ2v) is 8.77. The van der Waals surface area contributed by atoms with Crippen LogP contribution in [-0.2, 0) is 22.6 Å². The van der Waals surface area contributed by atoms with E-state index in [4.69, 9.17) is 0 Å². The Morgan fingerprint density at radius 2 is 2.00 bits per heavy atom. The van der Waals surface area contributed by atoms with Gasteiger partial charge in [0.15, 0.2) is 4.96 Å². The molecule has 0 aliphatic carbocycles. The van der Waals surface area contributed by atoms with Gasteiger partial charge in [0.2, 0.25) is 11.8 Å². The number of nitrogens with zero attached hydrogens (tertiary/aromatic N) is 5. The van der Waals surface area contributed by atoms with E-state index >= 15 is 0 Å². The predicted octanol–water partition coefficient (Wildman–Crippen LogP) is 2.05. The average Bonchev–Trinajstić information content (AvgIpc) is 3.30. The molecule has 0 N–H and O–H groups in total. The monoisotopic (exact) mass is 425 g/mol. The van der Waals surface area contributed by atoms with Gasteiger partial charge in [0, 0.05) is 57.5 Å². The van der Waals surface area contributed by atoms with Crippen LogP contribution in [0.1, 0.15) is 16.8 Å². The van der Waals surface area contributed by atoms with E-state index < -0.39 is 0 Å². The van der Waals surface area contributed by atoms with E-state index in [0.29, 0.717) is 13.1 Å². The number of rotatable bonds is 6. The Balaban J connectivity index is 1.23. The van der Waals surface area contributed by atoms with Crippen molar-refractivity contribution < 1.29 is 9.59 Å². The van der Waals surface area contributed by atoms with Gasteiger partial charge >= 0.3 is 0 Å². The molecule has 2 aromatic heterocycles. The van der Waals surface area contributed by atoms with E-state index in [1.807, 2.05) is 27.1 Å². The Labute approximate surface area is 180 Å². The van der Waals surface area contributed by atoms with Crippen LogP contribution in [0.2, 0.25) is 0 Å². The summed E-state index contributed by atoms with van der Waals surface area (Å²) < 4.78 is 1.91. The lowest BCUT2D eigenvalue weighted by Crippen LogP contribution is -2.51. The first-order valence-electron chi connectivity index (χ1n) is 10.2. The Bertz CT molecular complexity index is 1010. The molecule has 3 heterocycles. The molecular weight excluding hydrogens is 398 g/mol. The summed E-state index contributed by atoms with van der Waals surface area (Å²) in [7, 11) is 1.69. The molecule has 2 amide bonds. The zero-order chi connectivity index (χ0) is 21.1. The van der Waals surface area contributed by atoms with Crippen LogP contribution in [0.15, 0.2) is 42.0 Å². The van der Waals surface area contributed by atoms with Crippen molar-refractivity contribution in [2.24, 2.45) is 0 Å².